The van der Waals surface area contributed by atoms with Gasteiger partial charge in [-0.15, -0.1) is 11.3 Å². The molecule has 0 radical (unpaired) electrons. The van der Waals surface area contributed by atoms with Gasteiger partial charge in [0.1, 0.15) is 4.88 Å². The van der Waals surface area contributed by atoms with Crippen LogP contribution in [0.15, 0.2) is 12.1 Å². The molecule has 0 spiro atoms. The first-order chi connectivity index (χ1) is 8.63. The van der Waals surface area contributed by atoms with E-state index >= 15 is 0 Å². The van der Waals surface area contributed by atoms with Crippen molar-refractivity contribution in [2.75, 3.05) is 0 Å². The average molecular weight is 265 g/mol. The van der Waals surface area contributed by atoms with Crippen molar-refractivity contribution < 1.29 is 14.7 Å². The number of nitrogens with one attached hydrogen (secondary N) is 1. The molecule has 0 aliphatic heterocycles. The van der Waals surface area contributed by atoms with Gasteiger partial charge in [0.2, 0.25) is 0 Å². The predicted molar refractivity (Wildman–Crippen MR) is 68.0 cm³/mol. The normalized spacial score (nSPS) is 29.4. The Bertz CT molecular complexity index is 496. The van der Waals surface area contributed by atoms with Crippen LogP contribution < -0.4 is 5.32 Å². The van der Waals surface area contributed by atoms with Gasteiger partial charge in [0, 0.05) is 6.04 Å². The van der Waals surface area contributed by atoms with Gasteiger partial charge in [0.05, 0.1) is 4.88 Å². The second kappa shape index (κ2) is 4.39. The number of amides is 1. The molecule has 2 fully saturated rings. The number of carboxylic acids is 1. The zero-order valence-corrected chi connectivity index (χ0v) is 10.7. The zero-order chi connectivity index (χ0) is 12.7. The Balaban J connectivity index is 1.65. The molecule has 1 amide bonds. The van der Waals surface area contributed by atoms with E-state index < -0.39 is 5.97 Å². The van der Waals surface area contributed by atoms with E-state index in [-0.39, 0.29) is 10.8 Å². The minimum atomic E-state index is -0.973. The van der Waals surface area contributed by atoms with E-state index in [2.05, 4.69) is 5.32 Å². The van der Waals surface area contributed by atoms with Gasteiger partial charge < -0.3 is 10.4 Å². The Labute approximate surface area is 109 Å². The first-order valence-corrected chi connectivity index (χ1v) is 7.09. The van der Waals surface area contributed by atoms with Gasteiger partial charge in [-0.2, -0.15) is 0 Å². The smallest absolute Gasteiger partial charge is 0.345 e. The van der Waals surface area contributed by atoms with Crippen molar-refractivity contribution in [1.82, 2.24) is 5.32 Å². The summed E-state index contributed by atoms with van der Waals surface area (Å²) in [6.07, 6.45) is 4.86. The van der Waals surface area contributed by atoms with Crippen LogP contribution >= 0.6 is 11.3 Å². The second-order valence-electron chi connectivity index (χ2n) is 5.22. The maximum atomic E-state index is 12.0. The summed E-state index contributed by atoms with van der Waals surface area (Å²) in [5.41, 5.74) is 0. The number of fused-ring (bicyclic) bond motifs is 2. The van der Waals surface area contributed by atoms with Crippen molar-refractivity contribution in [3.05, 3.63) is 21.9 Å². The third kappa shape index (κ3) is 2.03. The lowest BCUT2D eigenvalue weighted by atomic mass is 9.95. The summed E-state index contributed by atoms with van der Waals surface area (Å²) in [6, 6.07) is 3.38. The molecule has 1 heterocycles. The molecule has 2 bridgehead atoms. The monoisotopic (exact) mass is 265 g/mol. The Morgan fingerprint density at radius 1 is 1.22 bits per heavy atom. The molecule has 0 aromatic carbocycles. The number of carbonyl (C=O) groups excluding carboxylic acids is 1. The number of hydrogen-bond acceptors (Lipinski definition) is 3. The molecule has 1 aromatic rings. The van der Waals surface area contributed by atoms with Gasteiger partial charge in [-0.3, -0.25) is 4.79 Å². The number of carbonyl (C=O) groups is 2. The third-order valence-electron chi connectivity index (χ3n) is 4.10. The number of carboxylic acid groups (broad SMARTS) is 1. The van der Waals surface area contributed by atoms with Crippen LogP contribution in [0.3, 0.4) is 0 Å². The third-order valence-corrected chi connectivity index (χ3v) is 5.17. The van der Waals surface area contributed by atoms with Crippen molar-refractivity contribution in [3.8, 4) is 0 Å². The molecular formula is C13H15NO3S. The Morgan fingerprint density at radius 3 is 2.56 bits per heavy atom. The summed E-state index contributed by atoms with van der Waals surface area (Å²) in [5.74, 6) is 0.333. The zero-order valence-electron chi connectivity index (χ0n) is 9.89. The quantitative estimate of drug-likeness (QED) is 0.881. The van der Waals surface area contributed by atoms with E-state index in [1.54, 1.807) is 6.07 Å². The highest BCUT2D eigenvalue weighted by Crippen LogP contribution is 2.44. The molecular weight excluding hydrogens is 250 g/mol. The maximum Gasteiger partial charge on any atom is 0.345 e. The van der Waals surface area contributed by atoms with Crippen LogP contribution in [0.25, 0.3) is 0 Å². The van der Waals surface area contributed by atoms with Crippen LogP contribution in [0.5, 0.6) is 0 Å². The van der Waals surface area contributed by atoms with Crippen LogP contribution in [-0.2, 0) is 0 Å². The summed E-state index contributed by atoms with van der Waals surface area (Å²) in [6.45, 7) is 0. The topological polar surface area (TPSA) is 66.4 Å². The van der Waals surface area contributed by atoms with Crippen LogP contribution in [0.1, 0.15) is 45.0 Å². The van der Waals surface area contributed by atoms with Gasteiger partial charge >= 0.3 is 5.97 Å². The van der Waals surface area contributed by atoms with E-state index in [4.69, 9.17) is 5.11 Å². The molecule has 3 unspecified atom stereocenters. The Kier molecular flexibility index (Phi) is 2.86. The number of aromatic carboxylic acids is 1. The molecule has 2 aliphatic carbocycles. The summed E-state index contributed by atoms with van der Waals surface area (Å²) in [5, 5.41) is 11.9. The minimum absolute atomic E-state index is 0.120. The van der Waals surface area contributed by atoms with Gasteiger partial charge in [-0.25, -0.2) is 4.79 Å². The highest BCUT2D eigenvalue weighted by atomic mass is 32.1. The van der Waals surface area contributed by atoms with Crippen molar-refractivity contribution in [2.45, 2.75) is 31.7 Å². The van der Waals surface area contributed by atoms with Gasteiger partial charge in [-0.1, -0.05) is 6.42 Å². The molecule has 3 rings (SSSR count). The molecule has 18 heavy (non-hydrogen) atoms. The molecule has 5 heteroatoms. The Hall–Kier alpha value is -1.36. The molecule has 0 saturated heterocycles. The van der Waals surface area contributed by atoms with E-state index in [0.29, 0.717) is 16.8 Å². The number of thiophene rings is 1. The average Bonchev–Trinajstić information content (AvgIpc) is 3.04. The standard InChI is InChI=1S/C13H15NO3S/c15-12(10-3-4-11(18-10)13(16)17)14-9-6-7-1-2-8(9)5-7/h3-4,7-9H,1-2,5-6H2,(H,14,15)(H,16,17). The van der Waals surface area contributed by atoms with Crippen molar-refractivity contribution in [2.24, 2.45) is 11.8 Å². The van der Waals surface area contributed by atoms with E-state index in [9.17, 15) is 9.59 Å². The predicted octanol–water partition coefficient (Wildman–Crippen LogP) is 2.36. The van der Waals surface area contributed by atoms with Crippen molar-refractivity contribution in [3.63, 3.8) is 0 Å². The fourth-order valence-electron chi connectivity index (χ4n) is 3.24. The Morgan fingerprint density at radius 2 is 2.00 bits per heavy atom. The molecule has 2 saturated carbocycles. The van der Waals surface area contributed by atoms with Crippen LogP contribution in [0.4, 0.5) is 0 Å². The van der Waals surface area contributed by atoms with E-state index in [1.807, 2.05) is 0 Å². The van der Waals surface area contributed by atoms with Crippen LogP contribution in [-0.4, -0.2) is 23.0 Å². The first-order valence-electron chi connectivity index (χ1n) is 6.27. The molecule has 2 N–H and O–H groups in total. The SMILES string of the molecule is O=C(O)c1ccc(C(=O)NC2CC3CCC2C3)s1. The number of rotatable bonds is 3. The first kappa shape index (κ1) is 11.7. The van der Waals surface area contributed by atoms with Gasteiger partial charge in [-0.05, 0) is 43.2 Å². The van der Waals surface area contributed by atoms with Crippen LogP contribution in [0, 0.1) is 11.8 Å². The van der Waals surface area contributed by atoms with Crippen LogP contribution in [0.2, 0.25) is 0 Å². The van der Waals surface area contributed by atoms with Gasteiger partial charge in [0.15, 0.2) is 0 Å². The number of hydrogen-bond donors (Lipinski definition) is 2. The lowest BCUT2D eigenvalue weighted by Crippen LogP contribution is -2.38. The van der Waals surface area contributed by atoms with E-state index in [0.717, 1.165) is 23.7 Å². The van der Waals surface area contributed by atoms with Crippen molar-refractivity contribution in [1.29, 1.82) is 0 Å². The fraction of sp³-hybridized carbons (Fsp3) is 0.538. The minimum Gasteiger partial charge on any atom is -0.477 e. The molecule has 1 aromatic heterocycles. The second-order valence-corrected chi connectivity index (χ2v) is 6.31. The summed E-state index contributed by atoms with van der Waals surface area (Å²) >= 11 is 1.04. The summed E-state index contributed by atoms with van der Waals surface area (Å²) < 4.78 is 0. The molecule has 4 nitrogen and oxygen atoms in total. The summed E-state index contributed by atoms with van der Waals surface area (Å²) in [4.78, 5) is 23.5. The lowest BCUT2D eigenvalue weighted by Gasteiger charge is -2.22. The van der Waals surface area contributed by atoms with E-state index in [1.165, 1.54) is 25.3 Å². The summed E-state index contributed by atoms with van der Waals surface area (Å²) in [7, 11) is 0. The molecule has 96 valence electrons. The highest BCUT2D eigenvalue weighted by molar-refractivity contribution is 7.15. The van der Waals surface area contributed by atoms with Crippen molar-refractivity contribution >= 4 is 23.2 Å². The largest absolute Gasteiger partial charge is 0.477 e. The molecule has 2 aliphatic rings. The lowest BCUT2D eigenvalue weighted by molar-refractivity contribution is 0.0702. The van der Waals surface area contributed by atoms with Gasteiger partial charge in [0.25, 0.3) is 5.91 Å². The maximum absolute atomic E-state index is 12.0. The fourth-order valence-corrected chi connectivity index (χ4v) is 3.98. The highest BCUT2D eigenvalue weighted by Gasteiger charge is 2.40. The molecule has 3 atom stereocenters.